The third-order valence-corrected chi connectivity index (χ3v) is 4.49. The zero-order valence-corrected chi connectivity index (χ0v) is 14.9. The van der Waals surface area contributed by atoms with Crippen molar-refractivity contribution in [1.29, 1.82) is 0 Å². The molecule has 0 radical (unpaired) electrons. The van der Waals surface area contributed by atoms with Crippen molar-refractivity contribution in [3.05, 3.63) is 53.7 Å². The van der Waals surface area contributed by atoms with Gasteiger partial charge in [-0.15, -0.1) is 0 Å². The minimum atomic E-state index is -0.0116. The van der Waals surface area contributed by atoms with Crippen molar-refractivity contribution < 1.29 is 9.53 Å². The Kier molecular flexibility index (Phi) is 5.53. The Labute approximate surface area is 149 Å². The topological polar surface area (TPSA) is 45.7 Å². The predicted octanol–water partition coefficient (Wildman–Crippen LogP) is 3.14. The zero-order valence-electron chi connectivity index (χ0n) is 14.9. The number of aryl methyl sites for hydroxylation is 1. The molecule has 1 aromatic carbocycles. The lowest BCUT2D eigenvalue weighted by atomic mass is 10.2. The quantitative estimate of drug-likeness (QED) is 0.811. The highest BCUT2D eigenvalue weighted by molar-refractivity contribution is 5.98. The van der Waals surface area contributed by atoms with Crippen molar-refractivity contribution in [3.63, 3.8) is 0 Å². The van der Waals surface area contributed by atoms with Crippen LogP contribution in [0.3, 0.4) is 0 Å². The first-order valence-electron chi connectivity index (χ1n) is 8.80. The molecular weight excluding hydrogens is 314 g/mol. The summed E-state index contributed by atoms with van der Waals surface area (Å²) >= 11 is 0. The van der Waals surface area contributed by atoms with Crippen molar-refractivity contribution in [2.24, 2.45) is 0 Å². The van der Waals surface area contributed by atoms with Crippen LogP contribution >= 0.6 is 0 Å². The van der Waals surface area contributed by atoms with E-state index in [4.69, 9.17) is 4.74 Å². The van der Waals surface area contributed by atoms with E-state index < -0.39 is 0 Å². The first kappa shape index (κ1) is 17.3. The van der Waals surface area contributed by atoms with Gasteiger partial charge in [-0.3, -0.25) is 4.79 Å². The number of aromatic nitrogens is 1. The van der Waals surface area contributed by atoms with E-state index in [2.05, 4.69) is 9.88 Å². The fourth-order valence-electron chi connectivity index (χ4n) is 2.99. The molecule has 3 rings (SSSR count). The minimum absolute atomic E-state index is 0.0116. The normalized spacial score (nSPS) is 13.8. The Morgan fingerprint density at radius 1 is 1.20 bits per heavy atom. The smallest absolute Gasteiger partial charge is 0.257 e. The number of nitrogens with zero attached hydrogens (tertiary/aromatic N) is 3. The lowest BCUT2D eigenvalue weighted by Crippen LogP contribution is -2.33. The predicted molar refractivity (Wildman–Crippen MR) is 99.3 cm³/mol. The second-order valence-corrected chi connectivity index (χ2v) is 6.46. The molecular formula is C20H25N3O2. The van der Waals surface area contributed by atoms with Crippen LogP contribution in [0.2, 0.25) is 0 Å². The summed E-state index contributed by atoms with van der Waals surface area (Å²) in [5.74, 6) is 1.62. The number of hydrogen-bond donors (Lipinski definition) is 0. The molecule has 0 spiro atoms. The maximum atomic E-state index is 12.8. The minimum Gasteiger partial charge on any atom is -0.492 e. The molecule has 2 heterocycles. The third kappa shape index (κ3) is 4.29. The molecule has 1 aliphatic heterocycles. The van der Waals surface area contributed by atoms with Gasteiger partial charge in [-0.1, -0.05) is 17.7 Å². The molecule has 0 atom stereocenters. The lowest BCUT2D eigenvalue weighted by Gasteiger charge is -2.23. The van der Waals surface area contributed by atoms with E-state index in [-0.39, 0.29) is 5.91 Å². The Balaban J connectivity index is 1.59. The number of carbonyl (C=O) groups is 1. The first-order chi connectivity index (χ1) is 12.1. The van der Waals surface area contributed by atoms with Crippen molar-refractivity contribution in [2.45, 2.75) is 19.8 Å². The molecule has 1 fully saturated rings. The van der Waals surface area contributed by atoms with Gasteiger partial charge >= 0.3 is 0 Å². The average Bonchev–Trinajstić information content (AvgIpc) is 3.17. The molecule has 5 heteroatoms. The molecule has 0 N–H and O–H groups in total. The van der Waals surface area contributed by atoms with Gasteiger partial charge in [-0.2, -0.15) is 0 Å². The monoisotopic (exact) mass is 339 g/mol. The van der Waals surface area contributed by atoms with Crippen molar-refractivity contribution >= 4 is 11.7 Å². The molecule has 5 nitrogen and oxygen atoms in total. The van der Waals surface area contributed by atoms with E-state index in [1.807, 2.05) is 50.4 Å². The van der Waals surface area contributed by atoms with Gasteiger partial charge in [0, 0.05) is 26.3 Å². The van der Waals surface area contributed by atoms with Crippen LogP contribution in [-0.2, 0) is 0 Å². The SMILES string of the molecule is Cc1ccc(OCCN(C)C(=O)c2cccnc2N2CCCC2)cc1. The van der Waals surface area contributed by atoms with Gasteiger partial charge in [0.2, 0.25) is 0 Å². The summed E-state index contributed by atoms with van der Waals surface area (Å²) in [5.41, 5.74) is 1.87. The summed E-state index contributed by atoms with van der Waals surface area (Å²) in [6.45, 7) is 4.98. The number of amides is 1. The fraction of sp³-hybridized carbons (Fsp3) is 0.400. The number of anilines is 1. The van der Waals surface area contributed by atoms with Gasteiger partial charge < -0.3 is 14.5 Å². The molecule has 0 bridgehead atoms. The van der Waals surface area contributed by atoms with E-state index in [0.717, 1.165) is 37.5 Å². The van der Waals surface area contributed by atoms with Crippen LogP contribution in [0.25, 0.3) is 0 Å². The standard InChI is InChI=1S/C20H25N3O2/c1-16-7-9-17(10-8-16)25-15-14-22(2)20(24)18-6-5-11-21-19(18)23-12-3-4-13-23/h5-11H,3-4,12-15H2,1-2H3. The van der Waals surface area contributed by atoms with E-state index in [1.165, 1.54) is 5.56 Å². The number of hydrogen-bond acceptors (Lipinski definition) is 4. The molecule has 0 unspecified atom stereocenters. The van der Waals surface area contributed by atoms with Gasteiger partial charge in [0.15, 0.2) is 0 Å². The summed E-state index contributed by atoms with van der Waals surface area (Å²) < 4.78 is 5.73. The molecule has 0 aliphatic carbocycles. The van der Waals surface area contributed by atoms with Crippen LogP contribution in [0.15, 0.2) is 42.6 Å². The van der Waals surface area contributed by atoms with Crippen LogP contribution < -0.4 is 9.64 Å². The summed E-state index contributed by atoms with van der Waals surface area (Å²) in [6.07, 6.45) is 4.07. The lowest BCUT2D eigenvalue weighted by molar-refractivity contribution is 0.0774. The van der Waals surface area contributed by atoms with Gasteiger partial charge in [0.1, 0.15) is 18.2 Å². The summed E-state index contributed by atoms with van der Waals surface area (Å²) in [7, 11) is 1.81. The molecule has 1 amide bonds. The Hall–Kier alpha value is -2.56. The largest absolute Gasteiger partial charge is 0.492 e. The Morgan fingerprint density at radius 2 is 1.92 bits per heavy atom. The highest BCUT2D eigenvalue weighted by Gasteiger charge is 2.22. The van der Waals surface area contributed by atoms with E-state index in [0.29, 0.717) is 18.7 Å². The number of benzene rings is 1. The molecule has 1 aromatic heterocycles. The zero-order chi connectivity index (χ0) is 17.6. The second kappa shape index (κ2) is 8.01. The van der Waals surface area contributed by atoms with Crippen molar-refractivity contribution in [2.75, 3.05) is 38.2 Å². The van der Waals surface area contributed by atoms with Gasteiger partial charge in [-0.25, -0.2) is 4.98 Å². The van der Waals surface area contributed by atoms with Crippen LogP contribution in [0.4, 0.5) is 5.82 Å². The van der Waals surface area contributed by atoms with Gasteiger partial charge in [0.25, 0.3) is 5.91 Å². The maximum absolute atomic E-state index is 12.8. The average molecular weight is 339 g/mol. The number of rotatable bonds is 6. The number of pyridine rings is 1. The molecule has 25 heavy (non-hydrogen) atoms. The van der Waals surface area contributed by atoms with Crippen LogP contribution in [0.5, 0.6) is 5.75 Å². The Morgan fingerprint density at radius 3 is 2.64 bits per heavy atom. The van der Waals surface area contributed by atoms with E-state index >= 15 is 0 Å². The van der Waals surface area contributed by atoms with Gasteiger partial charge in [0.05, 0.1) is 12.1 Å². The molecule has 1 saturated heterocycles. The maximum Gasteiger partial charge on any atom is 0.257 e. The molecule has 1 aliphatic rings. The van der Waals surface area contributed by atoms with Crippen LogP contribution in [0.1, 0.15) is 28.8 Å². The van der Waals surface area contributed by atoms with Crippen molar-refractivity contribution in [3.8, 4) is 5.75 Å². The third-order valence-electron chi connectivity index (χ3n) is 4.49. The number of carbonyl (C=O) groups excluding carboxylic acids is 1. The first-order valence-corrected chi connectivity index (χ1v) is 8.80. The highest BCUT2D eigenvalue weighted by atomic mass is 16.5. The van der Waals surface area contributed by atoms with Crippen molar-refractivity contribution in [1.82, 2.24) is 9.88 Å². The van der Waals surface area contributed by atoms with Crippen LogP contribution in [0, 0.1) is 6.92 Å². The number of ether oxygens (including phenoxy) is 1. The molecule has 2 aromatic rings. The molecule has 132 valence electrons. The second-order valence-electron chi connectivity index (χ2n) is 6.46. The fourth-order valence-corrected chi connectivity index (χ4v) is 2.99. The van der Waals surface area contributed by atoms with Crippen LogP contribution in [-0.4, -0.2) is 49.1 Å². The van der Waals surface area contributed by atoms with Gasteiger partial charge in [-0.05, 0) is 44.0 Å². The summed E-state index contributed by atoms with van der Waals surface area (Å²) in [6, 6.07) is 11.6. The summed E-state index contributed by atoms with van der Waals surface area (Å²) in [4.78, 5) is 21.2. The van der Waals surface area contributed by atoms with E-state index in [9.17, 15) is 4.79 Å². The Bertz CT molecular complexity index is 709. The van der Waals surface area contributed by atoms with E-state index in [1.54, 1.807) is 11.1 Å². The summed E-state index contributed by atoms with van der Waals surface area (Å²) in [5, 5.41) is 0. The number of likely N-dealkylation sites (N-methyl/N-ethyl adjacent to an activating group) is 1. The molecule has 0 saturated carbocycles. The highest BCUT2D eigenvalue weighted by Crippen LogP contribution is 2.23.